The third kappa shape index (κ3) is 6.05. The Morgan fingerprint density at radius 1 is 1.06 bits per heavy atom. The Morgan fingerprint density at radius 3 is 2.32 bits per heavy atom. The van der Waals surface area contributed by atoms with Crippen molar-refractivity contribution in [3.63, 3.8) is 0 Å². The number of rotatable bonds is 8. The molecular weight excluding hydrogens is 398 g/mol. The number of hydrogen-bond donors (Lipinski definition) is 2. The molecule has 1 aliphatic heterocycles. The second kappa shape index (κ2) is 10.1. The van der Waals surface area contributed by atoms with Gasteiger partial charge in [-0.1, -0.05) is 18.2 Å². The van der Waals surface area contributed by atoms with Gasteiger partial charge in [-0.2, -0.15) is 0 Å². The lowest BCUT2D eigenvalue weighted by Gasteiger charge is -2.22. The smallest absolute Gasteiger partial charge is 0.251 e. The highest BCUT2D eigenvalue weighted by Crippen LogP contribution is 2.22. The first-order valence-electron chi connectivity index (χ1n) is 10.2. The molecule has 2 aromatic rings. The number of hydrogen-bond acceptors (Lipinski definition) is 5. The van der Waals surface area contributed by atoms with Gasteiger partial charge in [-0.05, 0) is 50.2 Å². The Balaban J connectivity index is 1.54. The number of benzene rings is 2. The van der Waals surface area contributed by atoms with Crippen molar-refractivity contribution < 1.29 is 23.9 Å². The summed E-state index contributed by atoms with van der Waals surface area (Å²) in [6.07, 6.45) is 0.0761. The average Bonchev–Trinajstić information content (AvgIpc) is 3.16. The molecule has 0 radical (unpaired) electrons. The van der Waals surface area contributed by atoms with Gasteiger partial charge in [0, 0.05) is 18.5 Å². The highest BCUT2D eigenvalue weighted by atomic mass is 16.5. The topological polar surface area (TPSA) is 111 Å². The molecule has 8 heteroatoms. The zero-order valence-electron chi connectivity index (χ0n) is 17.6. The van der Waals surface area contributed by atoms with E-state index in [4.69, 9.17) is 15.2 Å². The van der Waals surface area contributed by atoms with Crippen LogP contribution >= 0.6 is 0 Å². The van der Waals surface area contributed by atoms with E-state index in [9.17, 15) is 14.4 Å². The van der Waals surface area contributed by atoms with E-state index < -0.39 is 17.9 Å². The maximum Gasteiger partial charge on any atom is 0.251 e. The Hall–Kier alpha value is -3.39. The van der Waals surface area contributed by atoms with Gasteiger partial charge in [0.1, 0.15) is 17.5 Å². The third-order valence-electron chi connectivity index (χ3n) is 4.87. The van der Waals surface area contributed by atoms with Crippen molar-refractivity contribution in [2.75, 3.05) is 13.1 Å². The molecular formula is C23H27N3O5. The fourth-order valence-corrected chi connectivity index (χ4v) is 3.48. The summed E-state index contributed by atoms with van der Waals surface area (Å²) in [6, 6.07) is 15.2. The van der Waals surface area contributed by atoms with E-state index in [1.807, 2.05) is 44.2 Å². The van der Waals surface area contributed by atoms with E-state index in [0.717, 1.165) is 0 Å². The number of para-hydroxylation sites is 1. The maximum absolute atomic E-state index is 12.6. The highest BCUT2D eigenvalue weighted by molar-refractivity contribution is 5.97. The van der Waals surface area contributed by atoms with Gasteiger partial charge >= 0.3 is 0 Å². The van der Waals surface area contributed by atoms with Crippen LogP contribution < -0.4 is 15.8 Å². The van der Waals surface area contributed by atoms with E-state index in [2.05, 4.69) is 5.32 Å². The molecule has 2 atom stereocenters. The first-order valence-corrected chi connectivity index (χ1v) is 10.2. The lowest BCUT2D eigenvalue weighted by molar-refractivity contribution is -0.136. The summed E-state index contributed by atoms with van der Waals surface area (Å²) in [6.45, 7) is 3.81. The van der Waals surface area contributed by atoms with Crippen molar-refractivity contribution in [1.29, 1.82) is 0 Å². The van der Waals surface area contributed by atoms with E-state index in [1.165, 1.54) is 4.90 Å². The van der Waals surface area contributed by atoms with Gasteiger partial charge < -0.3 is 25.4 Å². The first kappa shape index (κ1) is 22.3. The molecule has 0 aliphatic carbocycles. The fourth-order valence-electron chi connectivity index (χ4n) is 3.48. The van der Waals surface area contributed by atoms with Crippen molar-refractivity contribution in [3.8, 4) is 11.5 Å². The van der Waals surface area contributed by atoms with Crippen LogP contribution in [0, 0.1) is 0 Å². The lowest BCUT2D eigenvalue weighted by Crippen LogP contribution is -2.47. The molecule has 3 amide bonds. The van der Waals surface area contributed by atoms with E-state index in [-0.39, 0.29) is 31.2 Å². The summed E-state index contributed by atoms with van der Waals surface area (Å²) in [5.41, 5.74) is 5.84. The molecule has 0 saturated carbocycles. The highest BCUT2D eigenvalue weighted by Gasteiger charge is 2.39. The molecule has 2 aromatic carbocycles. The minimum atomic E-state index is -0.734. The van der Waals surface area contributed by atoms with Crippen molar-refractivity contribution in [3.05, 3.63) is 60.2 Å². The quantitative estimate of drug-likeness (QED) is 0.673. The molecule has 1 saturated heterocycles. The molecule has 3 N–H and O–H groups in total. The summed E-state index contributed by atoms with van der Waals surface area (Å²) < 4.78 is 11.4. The van der Waals surface area contributed by atoms with Gasteiger partial charge in [-0.25, -0.2) is 0 Å². The number of carbonyl (C=O) groups excluding carboxylic acids is 3. The van der Waals surface area contributed by atoms with Gasteiger partial charge in [0.05, 0.1) is 18.8 Å². The SMILES string of the molecule is CC(C)OC1CC(C(N)=O)N(C(=O)CNC(=O)c2ccc(Oc3ccccc3)cc2)C1. The molecule has 0 spiro atoms. The Labute approximate surface area is 181 Å². The number of amides is 3. The van der Waals surface area contributed by atoms with E-state index in [0.29, 0.717) is 23.5 Å². The number of nitrogens with two attached hydrogens (primary N) is 1. The van der Waals surface area contributed by atoms with E-state index in [1.54, 1.807) is 24.3 Å². The number of nitrogens with zero attached hydrogens (tertiary/aromatic N) is 1. The van der Waals surface area contributed by atoms with Gasteiger partial charge in [0.15, 0.2) is 0 Å². The zero-order chi connectivity index (χ0) is 22.4. The number of likely N-dealkylation sites (tertiary alicyclic amines) is 1. The van der Waals surface area contributed by atoms with E-state index >= 15 is 0 Å². The summed E-state index contributed by atoms with van der Waals surface area (Å²) in [5.74, 6) is -0.0694. The molecule has 0 bridgehead atoms. The van der Waals surface area contributed by atoms with Gasteiger partial charge in [-0.15, -0.1) is 0 Å². The van der Waals surface area contributed by atoms with Crippen LogP contribution in [0.15, 0.2) is 54.6 Å². The maximum atomic E-state index is 12.6. The predicted octanol–water partition coefficient (Wildman–Crippen LogP) is 2.09. The molecule has 1 fully saturated rings. The number of ether oxygens (including phenoxy) is 2. The molecule has 1 heterocycles. The monoisotopic (exact) mass is 425 g/mol. The van der Waals surface area contributed by atoms with Crippen LogP contribution in [-0.2, 0) is 14.3 Å². The summed E-state index contributed by atoms with van der Waals surface area (Å²) in [7, 11) is 0. The fraction of sp³-hybridized carbons (Fsp3) is 0.348. The minimum Gasteiger partial charge on any atom is -0.457 e. The minimum absolute atomic E-state index is 0.0258. The standard InChI is InChI=1S/C23H27N3O5/c1-15(2)30-19-12-20(22(24)28)26(14-19)21(27)13-25-23(29)16-8-10-18(11-9-16)31-17-6-4-3-5-7-17/h3-11,15,19-20H,12-14H2,1-2H3,(H2,24,28)(H,25,29). The van der Waals surface area contributed by atoms with Crippen LogP contribution in [0.4, 0.5) is 0 Å². The van der Waals surface area contributed by atoms with Gasteiger partial charge in [0.25, 0.3) is 5.91 Å². The molecule has 164 valence electrons. The molecule has 8 nitrogen and oxygen atoms in total. The molecule has 3 rings (SSSR count). The summed E-state index contributed by atoms with van der Waals surface area (Å²) in [5, 5.41) is 2.60. The second-order valence-corrected chi connectivity index (χ2v) is 7.63. The third-order valence-corrected chi connectivity index (χ3v) is 4.87. The molecule has 2 unspecified atom stereocenters. The molecule has 1 aliphatic rings. The Morgan fingerprint density at radius 2 is 1.71 bits per heavy atom. The van der Waals surface area contributed by atoms with Crippen LogP contribution in [0.25, 0.3) is 0 Å². The first-order chi connectivity index (χ1) is 14.8. The number of nitrogens with one attached hydrogen (secondary N) is 1. The Bertz CT molecular complexity index is 915. The zero-order valence-corrected chi connectivity index (χ0v) is 17.6. The number of carbonyl (C=O) groups is 3. The largest absolute Gasteiger partial charge is 0.457 e. The van der Waals surface area contributed by atoms with Crippen LogP contribution in [0.5, 0.6) is 11.5 Å². The van der Waals surface area contributed by atoms with Crippen molar-refractivity contribution in [2.45, 2.75) is 38.5 Å². The summed E-state index contributed by atoms with van der Waals surface area (Å²) >= 11 is 0. The van der Waals surface area contributed by atoms with Crippen molar-refractivity contribution in [1.82, 2.24) is 10.2 Å². The normalized spacial score (nSPS) is 18.1. The molecule has 0 aromatic heterocycles. The second-order valence-electron chi connectivity index (χ2n) is 7.63. The molecule has 31 heavy (non-hydrogen) atoms. The van der Waals surface area contributed by atoms with Crippen LogP contribution in [-0.4, -0.2) is 54.0 Å². The van der Waals surface area contributed by atoms with Crippen molar-refractivity contribution in [2.24, 2.45) is 5.73 Å². The van der Waals surface area contributed by atoms with Crippen molar-refractivity contribution >= 4 is 17.7 Å². The van der Waals surface area contributed by atoms with Crippen LogP contribution in [0.3, 0.4) is 0 Å². The Kier molecular flexibility index (Phi) is 7.25. The van der Waals surface area contributed by atoms with Gasteiger partial charge in [-0.3, -0.25) is 14.4 Å². The van der Waals surface area contributed by atoms with Gasteiger partial charge in [0.2, 0.25) is 11.8 Å². The summed E-state index contributed by atoms with van der Waals surface area (Å²) in [4.78, 5) is 38.2. The number of primary amides is 1. The predicted molar refractivity (Wildman–Crippen MR) is 115 cm³/mol. The average molecular weight is 425 g/mol. The van der Waals surface area contributed by atoms with Crippen LogP contribution in [0.1, 0.15) is 30.6 Å². The van der Waals surface area contributed by atoms with Crippen LogP contribution in [0.2, 0.25) is 0 Å². The lowest BCUT2D eigenvalue weighted by atomic mass is 10.2.